The second kappa shape index (κ2) is 6.48. The van der Waals surface area contributed by atoms with E-state index in [1.165, 1.54) is 0 Å². The third kappa shape index (κ3) is 2.94. The highest BCUT2D eigenvalue weighted by Crippen LogP contribution is 2.33. The molecule has 1 heterocycles. The number of hydrogen-bond acceptors (Lipinski definition) is 2. The van der Waals surface area contributed by atoms with Crippen molar-refractivity contribution in [1.82, 2.24) is 4.57 Å². The van der Waals surface area contributed by atoms with Crippen LogP contribution in [0.1, 0.15) is 35.8 Å². The number of ether oxygens (including phenoxy) is 1. The van der Waals surface area contributed by atoms with Gasteiger partial charge in [0.25, 0.3) is 5.91 Å². The molecule has 0 saturated heterocycles. The topological polar surface area (TPSA) is 57.2 Å². The molecule has 2 rings (SSSR count). The fourth-order valence-electron chi connectivity index (χ4n) is 2.58. The van der Waals surface area contributed by atoms with Gasteiger partial charge in [-0.15, -0.1) is 0 Å². The van der Waals surface area contributed by atoms with Gasteiger partial charge in [0.1, 0.15) is 5.75 Å². The number of aromatic nitrogens is 1. The molecule has 0 aliphatic heterocycles. The van der Waals surface area contributed by atoms with Crippen LogP contribution >= 0.6 is 0 Å². The Bertz CT molecular complexity index is 644. The molecule has 0 saturated carbocycles. The SMILES string of the molecule is CCCCn1c(-c2ccccc2OC)cc(C(N)=O)c1C. The Hall–Kier alpha value is -2.23. The van der Waals surface area contributed by atoms with Gasteiger partial charge in [-0.05, 0) is 31.5 Å². The predicted molar refractivity (Wildman–Crippen MR) is 84.6 cm³/mol. The van der Waals surface area contributed by atoms with E-state index in [9.17, 15) is 4.79 Å². The number of primary amides is 1. The average Bonchev–Trinajstić information content (AvgIpc) is 2.82. The van der Waals surface area contributed by atoms with E-state index in [-0.39, 0.29) is 5.91 Å². The number of nitrogens with two attached hydrogens (primary N) is 1. The Balaban J connectivity index is 2.60. The summed E-state index contributed by atoms with van der Waals surface area (Å²) in [5.74, 6) is 0.405. The molecule has 0 aliphatic carbocycles. The molecule has 112 valence electrons. The number of rotatable bonds is 6. The first-order valence-electron chi connectivity index (χ1n) is 7.23. The summed E-state index contributed by atoms with van der Waals surface area (Å²) in [5.41, 5.74) is 8.94. The van der Waals surface area contributed by atoms with Gasteiger partial charge in [-0.1, -0.05) is 25.5 Å². The van der Waals surface area contributed by atoms with Crippen molar-refractivity contribution in [1.29, 1.82) is 0 Å². The summed E-state index contributed by atoms with van der Waals surface area (Å²) in [5, 5.41) is 0. The lowest BCUT2D eigenvalue weighted by molar-refractivity contribution is 0.0999. The minimum Gasteiger partial charge on any atom is -0.496 e. The van der Waals surface area contributed by atoms with E-state index in [4.69, 9.17) is 10.5 Å². The summed E-state index contributed by atoms with van der Waals surface area (Å²) in [6, 6.07) is 9.69. The number of unbranched alkanes of at least 4 members (excludes halogenated alkanes) is 1. The van der Waals surface area contributed by atoms with E-state index in [0.29, 0.717) is 5.56 Å². The number of carbonyl (C=O) groups excluding carboxylic acids is 1. The lowest BCUT2D eigenvalue weighted by Crippen LogP contribution is -2.12. The minimum absolute atomic E-state index is 0.390. The Morgan fingerprint density at radius 1 is 1.33 bits per heavy atom. The number of hydrogen-bond donors (Lipinski definition) is 1. The summed E-state index contributed by atoms with van der Waals surface area (Å²) in [6.45, 7) is 4.95. The van der Waals surface area contributed by atoms with Crippen molar-refractivity contribution in [2.45, 2.75) is 33.2 Å². The summed E-state index contributed by atoms with van der Waals surface area (Å²) < 4.78 is 7.59. The van der Waals surface area contributed by atoms with E-state index in [2.05, 4.69) is 11.5 Å². The van der Waals surface area contributed by atoms with Crippen LogP contribution in [0.3, 0.4) is 0 Å². The molecule has 0 aliphatic rings. The third-order valence-electron chi connectivity index (χ3n) is 3.75. The van der Waals surface area contributed by atoms with Gasteiger partial charge >= 0.3 is 0 Å². The smallest absolute Gasteiger partial charge is 0.250 e. The van der Waals surface area contributed by atoms with Gasteiger partial charge in [0.15, 0.2) is 0 Å². The molecule has 0 unspecified atom stereocenters. The van der Waals surface area contributed by atoms with Crippen LogP contribution in [0.25, 0.3) is 11.3 Å². The molecule has 0 atom stereocenters. The summed E-state index contributed by atoms with van der Waals surface area (Å²) in [7, 11) is 1.65. The second-order valence-corrected chi connectivity index (χ2v) is 5.10. The quantitative estimate of drug-likeness (QED) is 0.885. The number of methoxy groups -OCH3 is 1. The fourth-order valence-corrected chi connectivity index (χ4v) is 2.58. The lowest BCUT2D eigenvalue weighted by Gasteiger charge is -2.13. The molecule has 21 heavy (non-hydrogen) atoms. The van der Waals surface area contributed by atoms with Gasteiger partial charge < -0.3 is 15.0 Å². The normalized spacial score (nSPS) is 10.6. The molecule has 1 amide bonds. The van der Waals surface area contributed by atoms with Gasteiger partial charge in [0.2, 0.25) is 0 Å². The molecular weight excluding hydrogens is 264 g/mol. The van der Waals surface area contributed by atoms with Crippen LogP contribution in [0.15, 0.2) is 30.3 Å². The van der Waals surface area contributed by atoms with E-state index in [1.807, 2.05) is 37.3 Å². The first-order chi connectivity index (χ1) is 10.1. The Morgan fingerprint density at radius 2 is 2.05 bits per heavy atom. The van der Waals surface area contributed by atoms with Crippen molar-refractivity contribution in [2.75, 3.05) is 7.11 Å². The Labute approximate surface area is 125 Å². The first-order valence-corrected chi connectivity index (χ1v) is 7.23. The molecule has 2 N–H and O–H groups in total. The maximum atomic E-state index is 11.6. The molecule has 4 nitrogen and oxygen atoms in total. The van der Waals surface area contributed by atoms with Crippen molar-refractivity contribution in [2.24, 2.45) is 5.73 Å². The molecule has 4 heteroatoms. The average molecular weight is 286 g/mol. The number of nitrogens with zero attached hydrogens (tertiary/aromatic N) is 1. The molecule has 0 radical (unpaired) electrons. The molecule has 2 aromatic rings. The Kier molecular flexibility index (Phi) is 4.68. The monoisotopic (exact) mass is 286 g/mol. The fraction of sp³-hybridized carbons (Fsp3) is 0.353. The van der Waals surface area contributed by atoms with Crippen LogP contribution in [0.5, 0.6) is 5.75 Å². The number of carbonyl (C=O) groups is 1. The minimum atomic E-state index is -0.390. The zero-order valence-electron chi connectivity index (χ0n) is 12.8. The number of para-hydroxylation sites is 1. The largest absolute Gasteiger partial charge is 0.496 e. The third-order valence-corrected chi connectivity index (χ3v) is 3.75. The highest BCUT2D eigenvalue weighted by atomic mass is 16.5. The highest BCUT2D eigenvalue weighted by Gasteiger charge is 2.18. The molecular formula is C17H22N2O2. The summed E-state index contributed by atoms with van der Waals surface area (Å²) in [4.78, 5) is 11.6. The first kappa shape index (κ1) is 15.2. The highest BCUT2D eigenvalue weighted by molar-refractivity contribution is 5.96. The number of amides is 1. The zero-order chi connectivity index (χ0) is 15.4. The lowest BCUT2D eigenvalue weighted by atomic mass is 10.1. The van der Waals surface area contributed by atoms with Crippen LogP contribution in [0.4, 0.5) is 0 Å². The molecule has 0 fully saturated rings. The summed E-state index contributed by atoms with van der Waals surface area (Å²) >= 11 is 0. The van der Waals surface area contributed by atoms with Crippen molar-refractivity contribution in [3.8, 4) is 17.0 Å². The zero-order valence-corrected chi connectivity index (χ0v) is 12.8. The second-order valence-electron chi connectivity index (χ2n) is 5.10. The maximum Gasteiger partial charge on any atom is 0.250 e. The predicted octanol–water partition coefficient (Wildman–Crippen LogP) is 3.37. The van der Waals surface area contributed by atoms with Crippen LogP contribution in [0.2, 0.25) is 0 Å². The van der Waals surface area contributed by atoms with Crippen molar-refractivity contribution in [3.05, 3.63) is 41.6 Å². The van der Waals surface area contributed by atoms with Crippen LogP contribution < -0.4 is 10.5 Å². The van der Waals surface area contributed by atoms with Gasteiger partial charge in [0.05, 0.1) is 18.4 Å². The molecule has 1 aromatic carbocycles. The van der Waals surface area contributed by atoms with Gasteiger partial charge in [-0.25, -0.2) is 0 Å². The van der Waals surface area contributed by atoms with Gasteiger partial charge in [0, 0.05) is 17.8 Å². The van der Waals surface area contributed by atoms with Crippen LogP contribution in [-0.2, 0) is 6.54 Å². The molecule has 1 aromatic heterocycles. The van der Waals surface area contributed by atoms with Crippen LogP contribution in [-0.4, -0.2) is 17.6 Å². The van der Waals surface area contributed by atoms with Crippen molar-refractivity contribution < 1.29 is 9.53 Å². The van der Waals surface area contributed by atoms with Gasteiger partial charge in [-0.3, -0.25) is 4.79 Å². The number of benzene rings is 1. The van der Waals surface area contributed by atoms with E-state index in [1.54, 1.807) is 7.11 Å². The maximum absolute atomic E-state index is 11.6. The van der Waals surface area contributed by atoms with E-state index < -0.39 is 0 Å². The van der Waals surface area contributed by atoms with Crippen molar-refractivity contribution >= 4 is 5.91 Å². The van der Waals surface area contributed by atoms with Crippen molar-refractivity contribution in [3.63, 3.8) is 0 Å². The van der Waals surface area contributed by atoms with Crippen LogP contribution in [0, 0.1) is 6.92 Å². The van der Waals surface area contributed by atoms with Gasteiger partial charge in [-0.2, -0.15) is 0 Å². The molecule has 0 bridgehead atoms. The summed E-state index contributed by atoms with van der Waals surface area (Å²) in [6.07, 6.45) is 2.14. The molecule has 0 spiro atoms. The standard InChI is InChI=1S/C17H22N2O2/c1-4-5-10-19-12(2)14(17(18)20)11-15(19)13-8-6-7-9-16(13)21-3/h6-9,11H,4-5,10H2,1-3H3,(H2,18,20). The Morgan fingerprint density at radius 3 is 2.67 bits per heavy atom. The van der Waals surface area contributed by atoms with E-state index >= 15 is 0 Å². The van der Waals surface area contributed by atoms with E-state index in [0.717, 1.165) is 42.1 Å².